The second-order valence-corrected chi connectivity index (χ2v) is 8.14. The first-order valence-corrected chi connectivity index (χ1v) is 11.3. The van der Waals surface area contributed by atoms with Crippen molar-refractivity contribution >= 4 is 27.6 Å². The maximum atomic E-state index is 10.0. The zero-order valence-corrected chi connectivity index (χ0v) is 22.9. The molecule has 2 N–H and O–H groups in total. The minimum absolute atomic E-state index is 0. The maximum absolute atomic E-state index is 10.0. The van der Waals surface area contributed by atoms with E-state index in [2.05, 4.69) is 32.7 Å². The summed E-state index contributed by atoms with van der Waals surface area (Å²) in [6.07, 6.45) is 6.66. The molecule has 0 bridgehead atoms. The van der Waals surface area contributed by atoms with E-state index < -0.39 is 0 Å². The van der Waals surface area contributed by atoms with Gasteiger partial charge in [-0.25, -0.2) is 0 Å². The predicted octanol–water partition coefficient (Wildman–Crippen LogP) is 5.58. The third-order valence-corrected chi connectivity index (χ3v) is 5.55. The van der Waals surface area contributed by atoms with Crippen LogP contribution in [0.25, 0.3) is 38.8 Å². The molecule has 7 nitrogen and oxygen atoms in total. The Kier molecular flexibility index (Phi) is 9.34. The fourth-order valence-electron chi connectivity index (χ4n) is 4.09. The van der Waals surface area contributed by atoms with Gasteiger partial charge in [-0.3, -0.25) is 9.78 Å². The smallest absolute Gasteiger partial charge is 0.155 e. The number of pyridine rings is 2. The Balaban J connectivity index is 0.000000422. The van der Waals surface area contributed by atoms with Crippen molar-refractivity contribution in [3.63, 3.8) is 0 Å². The van der Waals surface area contributed by atoms with Crippen molar-refractivity contribution in [1.29, 1.82) is 0 Å². The van der Waals surface area contributed by atoms with Gasteiger partial charge in [0.2, 0.25) is 0 Å². The molecule has 0 radical (unpaired) electrons. The number of hydrogen-bond donors (Lipinski definition) is 2. The number of para-hydroxylation sites is 1. The summed E-state index contributed by atoms with van der Waals surface area (Å²) in [7, 11) is 1.60. The average Bonchev–Trinajstić information content (AvgIpc) is 3.22. The van der Waals surface area contributed by atoms with E-state index in [9.17, 15) is 9.90 Å². The monoisotopic (exact) mass is 675 g/mol. The Labute approximate surface area is 229 Å². The standard InChI is InChI=1S/C24H18N3O2.C5H8O2.Pt/c1-29-18-6-7-19(16(12-18)15-28)22-13-17(8-11-26-22)27-23-5-3-2-4-20(23)21-14-25-10-9-24(21)27;1-4(6)3-5(2)7;/h2-6,8-14,28H,15H2,1H3;3,6H,1-2H3;/q-1;;/b;4-3-;. The quantitative estimate of drug-likeness (QED) is 0.144. The van der Waals surface area contributed by atoms with E-state index in [1.54, 1.807) is 25.6 Å². The van der Waals surface area contributed by atoms with E-state index in [1.807, 2.05) is 42.6 Å². The third-order valence-electron chi connectivity index (χ3n) is 5.55. The van der Waals surface area contributed by atoms with Crippen molar-refractivity contribution in [3.05, 3.63) is 96.7 Å². The Morgan fingerprint density at radius 2 is 1.84 bits per heavy atom. The van der Waals surface area contributed by atoms with Gasteiger partial charge in [0.05, 0.1) is 23.9 Å². The summed E-state index contributed by atoms with van der Waals surface area (Å²) in [4.78, 5) is 18.9. The molecule has 37 heavy (non-hydrogen) atoms. The molecule has 0 spiro atoms. The summed E-state index contributed by atoms with van der Waals surface area (Å²) in [5.74, 6) is 0.594. The number of rotatable bonds is 5. The number of aliphatic hydroxyl groups is 2. The van der Waals surface area contributed by atoms with Gasteiger partial charge in [-0.2, -0.15) is 0 Å². The number of allylic oxidation sites excluding steroid dienone is 2. The first-order chi connectivity index (χ1) is 17.4. The van der Waals surface area contributed by atoms with Gasteiger partial charge < -0.3 is 24.5 Å². The molecule has 3 aromatic heterocycles. The molecular weight excluding hydrogens is 649 g/mol. The van der Waals surface area contributed by atoms with Gasteiger partial charge in [0, 0.05) is 74.5 Å². The van der Waals surface area contributed by atoms with Gasteiger partial charge >= 0.3 is 0 Å². The Morgan fingerprint density at radius 3 is 2.51 bits per heavy atom. The summed E-state index contributed by atoms with van der Waals surface area (Å²) in [6, 6.07) is 21.1. The maximum Gasteiger partial charge on any atom is 0.155 e. The average molecular weight is 676 g/mol. The SMILES string of the molecule is CC(=O)/C=C(/C)O.COc1c[c-]c(-c2cc(-n3c4ccccc4c4cnccc43)ccn2)c(CO)c1.[Pt]. The first kappa shape index (κ1) is 27.8. The molecule has 0 fully saturated rings. The largest absolute Gasteiger partial charge is 0.540 e. The fourth-order valence-corrected chi connectivity index (χ4v) is 4.09. The molecule has 0 atom stereocenters. The fraction of sp³-hybridized carbons (Fsp3) is 0.138. The number of benzene rings is 2. The van der Waals surface area contributed by atoms with Crippen LogP contribution in [0.3, 0.4) is 0 Å². The number of ketones is 1. The van der Waals surface area contributed by atoms with Crippen molar-refractivity contribution in [1.82, 2.24) is 14.5 Å². The summed E-state index contributed by atoms with van der Waals surface area (Å²) in [5, 5.41) is 20.4. The second kappa shape index (κ2) is 12.4. The first-order valence-electron chi connectivity index (χ1n) is 11.3. The van der Waals surface area contributed by atoms with E-state index >= 15 is 0 Å². The van der Waals surface area contributed by atoms with Gasteiger partial charge in [-0.05, 0) is 37.7 Å². The summed E-state index contributed by atoms with van der Waals surface area (Å²) in [6.45, 7) is 2.73. The van der Waals surface area contributed by atoms with Crippen LogP contribution in [0, 0.1) is 6.07 Å². The normalized spacial score (nSPS) is 11.0. The molecule has 0 aliphatic carbocycles. The van der Waals surface area contributed by atoms with Crippen molar-refractivity contribution < 1.29 is 40.8 Å². The van der Waals surface area contributed by atoms with E-state index in [4.69, 9.17) is 9.84 Å². The summed E-state index contributed by atoms with van der Waals surface area (Å²) < 4.78 is 7.46. The number of aromatic nitrogens is 3. The number of fused-ring (bicyclic) bond motifs is 3. The van der Waals surface area contributed by atoms with Crippen LogP contribution in [-0.2, 0) is 32.5 Å². The van der Waals surface area contributed by atoms with Crippen LogP contribution in [0.2, 0.25) is 0 Å². The molecule has 192 valence electrons. The third kappa shape index (κ3) is 6.13. The van der Waals surface area contributed by atoms with Crippen LogP contribution in [0.1, 0.15) is 19.4 Å². The van der Waals surface area contributed by atoms with Crippen LogP contribution in [-0.4, -0.2) is 37.6 Å². The van der Waals surface area contributed by atoms with Crippen LogP contribution in [0.15, 0.2) is 85.0 Å². The van der Waals surface area contributed by atoms with E-state index in [1.165, 1.54) is 19.9 Å². The van der Waals surface area contributed by atoms with Crippen LogP contribution in [0.4, 0.5) is 0 Å². The molecule has 0 unspecified atom stereocenters. The van der Waals surface area contributed by atoms with Crippen LogP contribution < -0.4 is 4.74 Å². The molecule has 0 aliphatic heterocycles. The van der Waals surface area contributed by atoms with Gasteiger partial charge in [-0.15, -0.1) is 17.7 Å². The van der Waals surface area contributed by atoms with Crippen molar-refractivity contribution in [2.45, 2.75) is 20.5 Å². The number of carbonyl (C=O) groups is 1. The van der Waals surface area contributed by atoms with Crippen LogP contribution in [0.5, 0.6) is 5.75 Å². The zero-order valence-electron chi connectivity index (χ0n) is 20.6. The molecule has 0 saturated heterocycles. The van der Waals surface area contributed by atoms with Crippen molar-refractivity contribution in [2.24, 2.45) is 0 Å². The molecule has 5 aromatic rings. The van der Waals surface area contributed by atoms with Gasteiger partial charge in [0.1, 0.15) is 0 Å². The topological polar surface area (TPSA) is 97.5 Å². The zero-order chi connectivity index (χ0) is 25.7. The molecule has 0 amide bonds. The van der Waals surface area contributed by atoms with Crippen molar-refractivity contribution in [3.8, 4) is 22.7 Å². The molecule has 0 saturated carbocycles. The van der Waals surface area contributed by atoms with Gasteiger partial charge in [0.15, 0.2) is 5.78 Å². The van der Waals surface area contributed by atoms with E-state index in [0.29, 0.717) is 5.75 Å². The Morgan fingerprint density at radius 1 is 1.08 bits per heavy atom. The summed E-state index contributed by atoms with van der Waals surface area (Å²) in [5.41, 5.74) is 5.40. The Hall–Kier alpha value is -3.80. The molecule has 2 aromatic carbocycles. The van der Waals surface area contributed by atoms with Crippen molar-refractivity contribution in [2.75, 3.05) is 7.11 Å². The van der Waals surface area contributed by atoms with E-state index in [-0.39, 0.29) is 39.2 Å². The van der Waals surface area contributed by atoms with Gasteiger partial charge in [-0.1, -0.05) is 35.9 Å². The number of ether oxygens (including phenoxy) is 1. The number of aliphatic hydroxyl groups excluding tert-OH is 2. The molecule has 5 rings (SSSR count). The van der Waals surface area contributed by atoms with Gasteiger partial charge in [0.25, 0.3) is 0 Å². The second-order valence-electron chi connectivity index (χ2n) is 8.14. The predicted molar refractivity (Wildman–Crippen MR) is 140 cm³/mol. The molecule has 3 heterocycles. The minimum atomic E-state index is -0.125. The number of hydrogen-bond acceptors (Lipinski definition) is 6. The summed E-state index contributed by atoms with van der Waals surface area (Å²) >= 11 is 0. The van der Waals surface area contributed by atoms with E-state index in [0.717, 1.165) is 44.3 Å². The molecule has 8 heteroatoms. The minimum Gasteiger partial charge on any atom is -0.540 e. The van der Waals surface area contributed by atoms with Crippen LogP contribution >= 0.6 is 0 Å². The number of nitrogens with zero attached hydrogens (tertiary/aromatic N) is 3. The number of methoxy groups -OCH3 is 1. The Bertz CT molecular complexity index is 1520. The molecular formula is C29H26N3O4Pt-. The molecule has 0 aliphatic rings. The number of carbonyl (C=O) groups excluding carboxylic acids is 1.